The molecule has 0 aliphatic rings. The Morgan fingerprint density at radius 3 is 2.93 bits per heavy atom. The number of hydrogen-bond acceptors (Lipinski definition) is 3. The summed E-state index contributed by atoms with van der Waals surface area (Å²) in [5.74, 6) is 0.630. The first-order valence-electron chi connectivity index (χ1n) is 4.64. The fourth-order valence-electron chi connectivity index (χ4n) is 1.07. The topological polar surface area (TPSA) is 41.8 Å². The van der Waals surface area contributed by atoms with Gasteiger partial charge in [-0.2, -0.15) is 0 Å². The van der Waals surface area contributed by atoms with Gasteiger partial charge in [-0.1, -0.05) is 6.92 Å². The number of hydrogen-bond donors (Lipinski definition) is 1. The van der Waals surface area contributed by atoms with Crippen LogP contribution in [0.1, 0.15) is 18.9 Å². The molecule has 1 aromatic carbocycles. The summed E-state index contributed by atoms with van der Waals surface area (Å²) in [7, 11) is 1.53. The zero-order valence-corrected chi connectivity index (χ0v) is 8.53. The number of nitrogens with zero attached hydrogens (tertiary/aromatic N) is 1. The summed E-state index contributed by atoms with van der Waals surface area (Å²) >= 11 is 0. The van der Waals surface area contributed by atoms with E-state index in [-0.39, 0.29) is 5.75 Å². The van der Waals surface area contributed by atoms with Crippen LogP contribution in [0.5, 0.6) is 11.5 Å². The van der Waals surface area contributed by atoms with Crippen molar-refractivity contribution < 1.29 is 9.84 Å². The van der Waals surface area contributed by atoms with Gasteiger partial charge in [-0.15, -0.1) is 0 Å². The fourth-order valence-corrected chi connectivity index (χ4v) is 1.07. The molecule has 0 bridgehead atoms. The van der Waals surface area contributed by atoms with Gasteiger partial charge in [0.05, 0.1) is 7.11 Å². The van der Waals surface area contributed by atoms with Gasteiger partial charge in [-0.25, -0.2) is 0 Å². The standard InChI is InChI=1S/C11H15NO2/c1-3-6-12-8-9-4-5-10(13)11(7-9)14-2/h4-5,7-8,13H,3,6H2,1-2H3. The number of benzene rings is 1. The first-order valence-corrected chi connectivity index (χ1v) is 4.64. The molecule has 0 saturated heterocycles. The highest BCUT2D eigenvalue weighted by Gasteiger charge is 2.00. The third-order valence-electron chi connectivity index (χ3n) is 1.80. The second kappa shape index (κ2) is 5.27. The van der Waals surface area contributed by atoms with Crippen molar-refractivity contribution >= 4 is 6.21 Å². The maximum atomic E-state index is 9.34. The van der Waals surface area contributed by atoms with Gasteiger partial charge in [0.15, 0.2) is 11.5 Å². The number of aromatic hydroxyl groups is 1. The lowest BCUT2D eigenvalue weighted by Gasteiger charge is -2.03. The first kappa shape index (κ1) is 10.6. The van der Waals surface area contributed by atoms with Crippen molar-refractivity contribution in [3.63, 3.8) is 0 Å². The molecular formula is C11H15NO2. The molecule has 1 N–H and O–H groups in total. The molecule has 3 nitrogen and oxygen atoms in total. The largest absolute Gasteiger partial charge is 0.504 e. The van der Waals surface area contributed by atoms with Crippen molar-refractivity contribution in [1.82, 2.24) is 0 Å². The van der Waals surface area contributed by atoms with Crippen molar-refractivity contribution in [3.8, 4) is 11.5 Å². The van der Waals surface area contributed by atoms with Crippen molar-refractivity contribution in [2.24, 2.45) is 4.99 Å². The monoisotopic (exact) mass is 193 g/mol. The molecule has 0 aliphatic carbocycles. The van der Waals surface area contributed by atoms with E-state index in [4.69, 9.17) is 4.74 Å². The van der Waals surface area contributed by atoms with E-state index < -0.39 is 0 Å². The molecule has 0 heterocycles. The van der Waals surface area contributed by atoms with Crippen molar-refractivity contribution in [3.05, 3.63) is 23.8 Å². The lowest BCUT2D eigenvalue weighted by atomic mass is 10.2. The predicted molar refractivity (Wildman–Crippen MR) is 57.4 cm³/mol. The Morgan fingerprint density at radius 2 is 2.29 bits per heavy atom. The minimum atomic E-state index is 0.153. The van der Waals surface area contributed by atoms with E-state index >= 15 is 0 Å². The van der Waals surface area contributed by atoms with Crippen LogP contribution in [0.4, 0.5) is 0 Å². The molecule has 0 aliphatic heterocycles. The van der Waals surface area contributed by atoms with Gasteiger partial charge < -0.3 is 9.84 Å². The van der Waals surface area contributed by atoms with Crippen molar-refractivity contribution in [2.45, 2.75) is 13.3 Å². The highest BCUT2D eigenvalue weighted by molar-refractivity contribution is 5.80. The van der Waals surface area contributed by atoms with Crippen LogP contribution < -0.4 is 4.74 Å². The van der Waals surface area contributed by atoms with E-state index in [1.807, 2.05) is 0 Å². The van der Waals surface area contributed by atoms with E-state index in [0.717, 1.165) is 18.5 Å². The summed E-state index contributed by atoms with van der Waals surface area (Å²) in [6.45, 7) is 2.90. The summed E-state index contributed by atoms with van der Waals surface area (Å²) in [6.07, 6.45) is 2.82. The molecule has 0 amide bonds. The quantitative estimate of drug-likeness (QED) is 0.745. The van der Waals surface area contributed by atoms with Crippen LogP contribution in [0.3, 0.4) is 0 Å². The van der Waals surface area contributed by atoms with Gasteiger partial charge in [-0.3, -0.25) is 4.99 Å². The minimum Gasteiger partial charge on any atom is -0.504 e. The van der Waals surface area contributed by atoms with Gasteiger partial charge >= 0.3 is 0 Å². The third kappa shape index (κ3) is 2.76. The van der Waals surface area contributed by atoms with E-state index in [1.165, 1.54) is 7.11 Å². The van der Waals surface area contributed by atoms with Gasteiger partial charge in [0.25, 0.3) is 0 Å². The molecule has 1 aromatic rings. The molecule has 0 aromatic heterocycles. The number of aliphatic imine (C=N–C) groups is 1. The average molecular weight is 193 g/mol. The molecule has 0 radical (unpaired) electrons. The van der Waals surface area contributed by atoms with E-state index in [0.29, 0.717) is 5.75 Å². The number of phenols is 1. The van der Waals surface area contributed by atoms with E-state index in [1.54, 1.807) is 24.4 Å². The minimum absolute atomic E-state index is 0.153. The fraction of sp³-hybridized carbons (Fsp3) is 0.364. The highest BCUT2D eigenvalue weighted by Crippen LogP contribution is 2.25. The lowest BCUT2D eigenvalue weighted by Crippen LogP contribution is -1.87. The van der Waals surface area contributed by atoms with Crippen molar-refractivity contribution in [1.29, 1.82) is 0 Å². The SMILES string of the molecule is CCCN=Cc1ccc(O)c(OC)c1. The van der Waals surface area contributed by atoms with Crippen LogP contribution in [-0.4, -0.2) is 25.0 Å². The molecule has 0 unspecified atom stereocenters. The number of ether oxygens (including phenoxy) is 1. The molecule has 0 fully saturated rings. The highest BCUT2D eigenvalue weighted by atomic mass is 16.5. The van der Waals surface area contributed by atoms with Gasteiger partial charge in [-0.05, 0) is 30.2 Å². The van der Waals surface area contributed by atoms with Crippen LogP contribution >= 0.6 is 0 Å². The summed E-state index contributed by atoms with van der Waals surface area (Å²) in [5.41, 5.74) is 0.938. The summed E-state index contributed by atoms with van der Waals surface area (Å²) in [5, 5.41) is 9.34. The smallest absolute Gasteiger partial charge is 0.161 e. The predicted octanol–water partition coefficient (Wildman–Crippen LogP) is 2.23. The number of phenolic OH excluding ortho intramolecular Hbond substituents is 1. The van der Waals surface area contributed by atoms with E-state index in [9.17, 15) is 5.11 Å². The van der Waals surface area contributed by atoms with E-state index in [2.05, 4.69) is 11.9 Å². The Hall–Kier alpha value is -1.51. The van der Waals surface area contributed by atoms with Crippen molar-refractivity contribution in [2.75, 3.05) is 13.7 Å². The summed E-state index contributed by atoms with van der Waals surface area (Å²) in [4.78, 5) is 4.20. The molecule has 3 heteroatoms. The second-order valence-electron chi connectivity index (χ2n) is 2.97. The van der Waals surface area contributed by atoms with Gasteiger partial charge in [0.2, 0.25) is 0 Å². The average Bonchev–Trinajstić information content (AvgIpc) is 2.21. The van der Waals surface area contributed by atoms with Crippen LogP contribution in [0.25, 0.3) is 0 Å². The Bertz CT molecular complexity index is 321. The number of methoxy groups -OCH3 is 1. The molecule has 0 atom stereocenters. The molecule has 76 valence electrons. The maximum absolute atomic E-state index is 9.34. The molecule has 0 saturated carbocycles. The van der Waals surface area contributed by atoms with Crippen LogP contribution in [-0.2, 0) is 0 Å². The molecular weight excluding hydrogens is 178 g/mol. The first-order chi connectivity index (χ1) is 6.77. The Labute approximate surface area is 84.1 Å². The maximum Gasteiger partial charge on any atom is 0.161 e. The Morgan fingerprint density at radius 1 is 1.50 bits per heavy atom. The lowest BCUT2D eigenvalue weighted by molar-refractivity contribution is 0.373. The van der Waals surface area contributed by atoms with Crippen LogP contribution in [0.2, 0.25) is 0 Å². The molecule has 1 rings (SSSR count). The van der Waals surface area contributed by atoms with Crippen LogP contribution in [0, 0.1) is 0 Å². The summed E-state index contributed by atoms with van der Waals surface area (Å²) < 4.78 is 4.98. The molecule has 0 spiro atoms. The third-order valence-corrected chi connectivity index (χ3v) is 1.80. The summed E-state index contributed by atoms with van der Waals surface area (Å²) in [6, 6.07) is 5.16. The van der Waals surface area contributed by atoms with Gasteiger partial charge in [0, 0.05) is 12.8 Å². The number of rotatable bonds is 4. The zero-order chi connectivity index (χ0) is 10.4. The Balaban J connectivity index is 2.79. The van der Waals surface area contributed by atoms with Crippen LogP contribution in [0.15, 0.2) is 23.2 Å². The normalized spacial score (nSPS) is 10.7. The zero-order valence-electron chi connectivity index (χ0n) is 8.53. The second-order valence-corrected chi connectivity index (χ2v) is 2.97. The van der Waals surface area contributed by atoms with Gasteiger partial charge in [0.1, 0.15) is 0 Å². The molecule has 14 heavy (non-hydrogen) atoms. The Kier molecular flexibility index (Phi) is 3.98.